The molecule has 0 spiro atoms. The minimum atomic E-state index is -0.535. The third-order valence-corrected chi connectivity index (χ3v) is 3.63. The van der Waals surface area contributed by atoms with Gasteiger partial charge in [0.25, 0.3) is 0 Å². The number of anilines is 2. The molecular formula is C13H18N4O. The smallest absolute Gasteiger partial charge is 0.203 e. The zero-order chi connectivity index (χ0) is 12.8. The number of benzene rings is 1. The molecule has 3 rings (SSSR count). The van der Waals surface area contributed by atoms with E-state index >= 15 is 0 Å². The summed E-state index contributed by atoms with van der Waals surface area (Å²) in [4.78, 5) is 10.0. The molecule has 1 aromatic heterocycles. The van der Waals surface area contributed by atoms with Gasteiger partial charge in [-0.25, -0.2) is 4.98 Å². The van der Waals surface area contributed by atoms with Gasteiger partial charge in [0, 0.05) is 18.8 Å². The van der Waals surface area contributed by atoms with E-state index in [2.05, 4.69) is 14.9 Å². The molecule has 2 aromatic rings. The summed E-state index contributed by atoms with van der Waals surface area (Å²) >= 11 is 0. The number of hydrogen-bond acceptors (Lipinski definition) is 4. The average molecular weight is 246 g/mol. The third kappa shape index (κ3) is 2.01. The molecule has 2 heterocycles. The van der Waals surface area contributed by atoms with Crippen molar-refractivity contribution in [1.29, 1.82) is 0 Å². The summed E-state index contributed by atoms with van der Waals surface area (Å²) in [6, 6.07) is 5.67. The lowest BCUT2D eigenvalue weighted by Gasteiger charge is -2.35. The fourth-order valence-corrected chi connectivity index (χ4v) is 2.36. The van der Waals surface area contributed by atoms with Crippen LogP contribution in [0, 0.1) is 0 Å². The van der Waals surface area contributed by atoms with Gasteiger partial charge < -0.3 is 20.7 Å². The number of hydrogen-bond donors (Lipinski definition) is 3. The second kappa shape index (κ2) is 3.88. The Morgan fingerprint density at radius 2 is 2.11 bits per heavy atom. The highest BCUT2D eigenvalue weighted by atomic mass is 16.3. The first kappa shape index (κ1) is 11.3. The number of imidazole rings is 1. The molecule has 1 saturated heterocycles. The van der Waals surface area contributed by atoms with Crippen LogP contribution < -0.4 is 10.6 Å². The fraction of sp³-hybridized carbons (Fsp3) is 0.462. The largest absolute Gasteiger partial charge is 0.399 e. The van der Waals surface area contributed by atoms with E-state index in [0.29, 0.717) is 0 Å². The molecule has 4 N–H and O–H groups in total. The Labute approximate surface area is 106 Å². The van der Waals surface area contributed by atoms with Crippen molar-refractivity contribution in [3.8, 4) is 0 Å². The number of piperidine rings is 1. The van der Waals surface area contributed by atoms with E-state index in [1.54, 1.807) is 0 Å². The van der Waals surface area contributed by atoms with Crippen molar-refractivity contribution in [3.05, 3.63) is 18.2 Å². The van der Waals surface area contributed by atoms with Gasteiger partial charge >= 0.3 is 0 Å². The molecule has 0 bridgehead atoms. The number of nitrogens with one attached hydrogen (secondary N) is 1. The van der Waals surface area contributed by atoms with Crippen LogP contribution in [-0.4, -0.2) is 33.8 Å². The maximum Gasteiger partial charge on any atom is 0.203 e. The maximum absolute atomic E-state index is 9.94. The van der Waals surface area contributed by atoms with Crippen molar-refractivity contribution in [1.82, 2.24) is 9.97 Å². The third-order valence-electron chi connectivity index (χ3n) is 3.63. The van der Waals surface area contributed by atoms with E-state index in [1.807, 2.05) is 25.1 Å². The highest BCUT2D eigenvalue weighted by molar-refractivity contribution is 5.80. The summed E-state index contributed by atoms with van der Waals surface area (Å²) in [7, 11) is 0. The van der Waals surface area contributed by atoms with Gasteiger partial charge in [-0.1, -0.05) is 0 Å². The monoisotopic (exact) mass is 246 g/mol. The number of fused-ring (bicyclic) bond motifs is 1. The highest BCUT2D eigenvalue weighted by Gasteiger charge is 2.28. The van der Waals surface area contributed by atoms with Gasteiger partial charge in [-0.05, 0) is 38.0 Å². The number of nitrogen functional groups attached to an aromatic ring is 1. The van der Waals surface area contributed by atoms with Crippen molar-refractivity contribution >= 4 is 22.7 Å². The zero-order valence-corrected chi connectivity index (χ0v) is 10.5. The van der Waals surface area contributed by atoms with Gasteiger partial charge in [0.15, 0.2) is 0 Å². The Morgan fingerprint density at radius 3 is 2.83 bits per heavy atom. The second-order valence-electron chi connectivity index (χ2n) is 5.32. The molecule has 5 nitrogen and oxygen atoms in total. The summed E-state index contributed by atoms with van der Waals surface area (Å²) in [5.74, 6) is 0.867. The topological polar surface area (TPSA) is 78.2 Å². The van der Waals surface area contributed by atoms with Gasteiger partial charge in [0.1, 0.15) is 0 Å². The number of H-pyrrole nitrogens is 1. The Hall–Kier alpha value is -1.75. The van der Waals surface area contributed by atoms with Gasteiger partial charge in [0.05, 0.1) is 16.6 Å². The minimum Gasteiger partial charge on any atom is -0.399 e. The van der Waals surface area contributed by atoms with Gasteiger partial charge in [0.2, 0.25) is 5.95 Å². The van der Waals surface area contributed by atoms with E-state index in [1.165, 1.54) is 0 Å². The van der Waals surface area contributed by atoms with Crippen LogP contribution in [-0.2, 0) is 0 Å². The Kier molecular flexibility index (Phi) is 2.45. The molecule has 1 aliphatic heterocycles. The first-order valence-corrected chi connectivity index (χ1v) is 6.26. The minimum absolute atomic E-state index is 0.535. The van der Waals surface area contributed by atoms with E-state index in [4.69, 9.17) is 5.73 Å². The van der Waals surface area contributed by atoms with Crippen molar-refractivity contribution < 1.29 is 5.11 Å². The molecule has 1 aliphatic rings. The van der Waals surface area contributed by atoms with Crippen LogP contribution in [0.15, 0.2) is 18.2 Å². The van der Waals surface area contributed by atoms with Crippen LogP contribution in [0.3, 0.4) is 0 Å². The highest BCUT2D eigenvalue weighted by Crippen LogP contribution is 2.26. The van der Waals surface area contributed by atoms with Crippen LogP contribution >= 0.6 is 0 Å². The van der Waals surface area contributed by atoms with Crippen LogP contribution in [0.1, 0.15) is 19.8 Å². The Balaban J connectivity index is 1.87. The normalized spacial score (nSPS) is 19.3. The summed E-state index contributed by atoms with van der Waals surface area (Å²) < 4.78 is 0. The lowest BCUT2D eigenvalue weighted by Crippen LogP contribution is -2.42. The van der Waals surface area contributed by atoms with Crippen LogP contribution in [0.2, 0.25) is 0 Å². The number of aliphatic hydroxyl groups is 1. The predicted molar refractivity (Wildman–Crippen MR) is 72.6 cm³/mol. The van der Waals surface area contributed by atoms with E-state index in [-0.39, 0.29) is 0 Å². The molecule has 18 heavy (non-hydrogen) atoms. The number of aromatic amines is 1. The first-order valence-electron chi connectivity index (χ1n) is 6.26. The van der Waals surface area contributed by atoms with Gasteiger partial charge in [-0.15, -0.1) is 0 Å². The predicted octanol–water partition coefficient (Wildman–Crippen LogP) is 1.50. The lowest BCUT2D eigenvalue weighted by molar-refractivity contribution is 0.0349. The fourth-order valence-electron chi connectivity index (χ4n) is 2.36. The molecule has 1 aromatic carbocycles. The second-order valence-corrected chi connectivity index (χ2v) is 5.32. The molecule has 1 fully saturated rings. The standard InChI is InChI=1S/C13H18N4O/c1-13(18)4-6-17(7-5-13)12-15-10-3-2-9(14)8-11(10)16-12/h2-3,8,18H,4-7,14H2,1H3,(H,15,16). The molecule has 5 heteroatoms. The average Bonchev–Trinajstić information content (AvgIpc) is 2.71. The molecule has 0 atom stereocenters. The number of nitrogens with two attached hydrogens (primary N) is 1. The Bertz CT molecular complexity index is 565. The quantitative estimate of drug-likeness (QED) is 0.666. The molecular weight excluding hydrogens is 228 g/mol. The van der Waals surface area contributed by atoms with E-state index in [0.717, 1.165) is 48.6 Å². The van der Waals surface area contributed by atoms with Crippen molar-refractivity contribution in [2.45, 2.75) is 25.4 Å². The molecule has 96 valence electrons. The lowest BCUT2D eigenvalue weighted by atomic mass is 9.94. The summed E-state index contributed by atoms with van der Waals surface area (Å²) in [6.45, 7) is 3.54. The van der Waals surface area contributed by atoms with Crippen LogP contribution in [0.4, 0.5) is 11.6 Å². The summed E-state index contributed by atoms with van der Waals surface area (Å²) in [5, 5.41) is 9.94. The molecule has 0 aliphatic carbocycles. The summed E-state index contributed by atoms with van der Waals surface area (Å²) in [6.07, 6.45) is 1.54. The van der Waals surface area contributed by atoms with Gasteiger partial charge in [-0.2, -0.15) is 0 Å². The molecule has 0 radical (unpaired) electrons. The maximum atomic E-state index is 9.94. The van der Waals surface area contributed by atoms with Crippen LogP contribution in [0.5, 0.6) is 0 Å². The van der Waals surface area contributed by atoms with Crippen LogP contribution in [0.25, 0.3) is 11.0 Å². The molecule has 0 unspecified atom stereocenters. The van der Waals surface area contributed by atoms with Crippen molar-refractivity contribution in [3.63, 3.8) is 0 Å². The van der Waals surface area contributed by atoms with E-state index in [9.17, 15) is 5.11 Å². The van der Waals surface area contributed by atoms with Crippen molar-refractivity contribution in [2.24, 2.45) is 0 Å². The number of aromatic nitrogens is 2. The zero-order valence-electron chi connectivity index (χ0n) is 10.5. The SMILES string of the molecule is CC1(O)CCN(c2nc3ccc(N)cc3[nH]2)CC1. The number of rotatable bonds is 1. The Morgan fingerprint density at radius 1 is 1.39 bits per heavy atom. The summed E-state index contributed by atoms with van der Waals surface area (Å²) in [5.41, 5.74) is 7.84. The van der Waals surface area contributed by atoms with Crippen molar-refractivity contribution in [2.75, 3.05) is 23.7 Å². The van der Waals surface area contributed by atoms with E-state index < -0.39 is 5.60 Å². The van der Waals surface area contributed by atoms with Gasteiger partial charge in [-0.3, -0.25) is 0 Å². The molecule has 0 saturated carbocycles. The molecule has 0 amide bonds. The number of nitrogens with zero attached hydrogens (tertiary/aromatic N) is 2. The first-order chi connectivity index (χ1) is 8.53.